The van der Waals surface area contributed by atoms with E-state index < -0.39 is 46.0 Å². The van der Waals surface area contributed by atoms with E-state index in [1.54, 1.807) is 37.4 Å². The average Bonchev–Trinajstić information content (AvgIpc) is 2.52. The molecule has 0 spiro atoms. The van der Waals surface area contributed by atoms with Gasteiger partial charge in [0.2, 0.25) is 10.0 Å². The van der Waals surface area contributed by atoms with Crippen LogP contribution in [0.5, 0.6) is 0 Å². The normalized spacial score (nSPS) is 13.8. The first-order valence-corrected chi connectivity index (χ1v) is 8.91. The molecule has 0 aliphatic carbocycles. The van der Waals surface area contributed by atoms with Gasteiger partial charge in [-0.25, -0.2) is 13.2 Å². The first-order chi connectivity index (χ1) is 11.5. The molecule has 1 rings (SSSR count). The van der Waals surface area contributed by atoms with Gasteiger partial charge in [-0.3, -0.25) is 14.9 Å². The van der Waals surface area contributed by atoms with E-state index in [4.69, 9.17) is 10.5 Å². The van der Waals surface area contributed by atoms with Crippen molar-refractivity contribution in [2.75, 3.05) is 0 Å². The molecular formula is C15H21N3O6S. The van der Waals surface area contributed by atoms with Crippen molar-refractivity contribution in [3.05, 3.63) is 30.3 Å². The van der Waals surface area contributed by atoms with Crippen molar-refractivity contribution in [2.45, 2.75) is 37.8 Å². The summed E-state index contributed by atoms with van der Waals surface area (Å²) in [6, 6.07) is 5.22. The summed E-state index contributed by atoms with van der Waals surface area (Å²) < 4.78 is 31.9. The predicted molar refractivity (Wildman–Crippen MR) is 88.7 cm³/mol. The predicted octanol–water partition coefficient (Wildman–Crippen LogP) is 0.116. The lowest BCUT2D eigenvalue weighted by Gasteiger charge is -2.22. The third-order valence-corrected chi connectivity index (χ3v) is 4.62. The van der Waals surface area contributed by atoms with Crippen LogP contribution in [0.15, 0.2) is 35.2 Å². The van der Waals surface area contributed by atoms with E-state index in [-0.39, 0.29) is 4.90 Å². The molecule has 0 heterocycles. The van der Waals surface area contributed by atoms with E-state index in [1.807, 2.05) is 0 Å². The minimum Gasteiger partial charge on any atom is -0.451 e. The molecule has 0 aliphatic heterocycles. The fourth-order valence-corrected chi connectivity index (χ4v) is 3.17. The Labute approximate surface area is 146 Å². The standard InChI is InChI=1S/C15H21N3O6S/c1-9(2)12(14(20)24-10(3)13(19)17-15(16)21)18-25(22,23)11-7-5-4-6-8-11/h4-10,12,18H,1-3H3,(H3,16,17,19,21)/t10?,12-/m0/s1. The quantitative estimate of drug-likeness (QED) is 0.580. The monoisotopic (exact) mass is 371 g/mol. The summed E-state index contributed by atoms with van der Waals surface area (Å²) in [7, 11) is -3.95. The molecule has 0 bridgehead atoms. The second-order valence-corrected chi connectivity index (χ2v) is 7.30. The molecule has 25 heavy (non-hydrogen) atoms. The Hall–Kier alpha value is -2.46. The Morgan fingerprint density at radius 3 is 2.12 bits per heavy atom. The molecule has 9 nitrogen and oxygen atoms in total. The number of esters is 1. The number of hydrogen-bond acceptors (Lipinski definition) is 6. The van der Waals surface area contributed by atoms with Gasteiger partial charge in [0.1, 0.15) is 6.04 Å². The zero-order valence-corrected chi connectivity index (χ0v) is 14.9. The van der Waals surface area contributed by atoms with Crippen LogP contribution in [0.1, 0.15) is 20.8 Å². The number of rotatable bonds is 7. The maximum Gasteiger partial charge on any atom is 0.325 e. The lowest BCUT2D eigenvalue weighted by molar-refractivity contribution is -0.157. The van der Waals surface area contributed by atoms with Crippen LogP contribution < -0.4 is 15.8 Å². The van der Waals surface area contributed by atoms with E-state index in [1.165, 1.54) is 19.1 Å². The van der Waals surface area contributed by atoms with Crippen LogP contribution in [0, 0.1) is 5.92 Å². The minimum absolute atomic E-state index is 0.00651. The highest BCUT2D eigenvalue weighted by Crippen LogP contribution is 2.13. The molecule has 3 amide bonds. The Morgan fingerprint density at radius 1 is 1.08 bits per heavy atom. The number of hydrogen-bond donors (Lipinski definition) is 3. The van der Waals surface area contributed by atoms with Crippen molar-refractivity contribution in [3.63, 3.8) is 0 Å². The van der Waals surface area contributed by atoms with Gasteiger partial charge in [0.25, 0.3) is 5.91 Å². The van der Waals surface area contributed by atoms with Gasteiger partial charge in [0, 0.05) is 0 Å². The molecule has 0 saturated carbocycles. The first kappa shape index (κ1) is 20.6. The van der Waals surface area contributed by atoms with E-state index in [0.717, 1.165) is 0 Å². The van der Waals surface area contributed by atoms with Crippen LogP contribution in [-0.4, -0.2) is 38.5 Å². The van der Waals surface area contributed by atoms with Gasteiger partial charge < -0.3 is 10.5 Å². The van der Waals surface area contributed by atoms with Crippen LogP contribution in [0.2, 0.25) is 0 Å². The number of amides is 3. The maximum absolute atomic E-state index is 12.4. The number of urea groups is 1. The molecule has 138 valence electrons. The summed E-state index contributed by atoms with van der Waals surface area (Å²) in [5.41, 5.74) is 4.81. The summed E-state index contributed by atoms with van der Waals surface area (Å²) in [5.74, 6) is -2.30. The van der Waals surface area contributed by atoms with Crippen LogP contribution in [0.3, 0.4) is 0 Å². The van der Waals surface area contributed by atoms with Gasteiger partial charge in [-0.05, 0) is 25.0 Å². The van der Waals surface area contributed by atoms with E-state index in [0.29, 0.717) is 0 Å². The molecule has 0 aliphatic rings. The Balaban J connectivity index is 2.88. The highest BCUT2D eigenvalue weighted by atomic mass is 32.2. The van der Waals surface area contributed by atoms with Crippen molar-refractivity contribution >= 4 is 27.9 Å². The lowest BCUT2D eigenvalue weighted by atomic mass is 10.1. The summed E-state index contributed by atoms with van der Waals surface area (Å²) in [6.45, 7) is 4.47. The molecule has 2 atom stereocenters. The highest BCUT2D eigenvalue weighted by Gasteiger charge is 2.31. The molecule has 1 aromatic carbocycles. The molecule has 0 saturated heterocycles. The number of nitrogens with two attached hydrogens (primary N) is 1. The zero-order valence-electron chi connectivity index (χ0n) is 14.1. The third kappa shape index (κ3) is 6.16. The lowest BCUT2D eigenvalue weighted by Crippen LogP contribution is -2.48. The summed E-state index contributed by atoms with van der Waals surface area (Å²) in [6.07, 6.45) is -1.32. The Kier molecular flexibility index (Phi) is 7.07. The van der Waals surface area contributed by atoms with Crippen molar-refractivity contribution in [1.82, 2.24) is 10.0 Å². The number of carbonyl (C=O) groups is 3. The maximum atomic E-state index is 12.4. The second kappa shape index (κ2) is 8.58. The van der Waals surface area contributed by atoms with E-state index in [2.05, 4.69) is 4.72 Å². The third-order valence-electron chi connectivity index (χ3n) is 3.16. The van der Waals surface area contributed by atoms with Gasteiger partial charge >= 0.3 is 12.0 Å². The van der Waals surface area contributed by atoms with Gasteiger partial charge in [-0.15, -0.1) is 0 Å². The van der Waals surface area contributed by atoms with Crippen molar-refractivity contribution < 1.29 is 27.5 Å². The molecule has 10 heteroatoms. The SMILES string of the molecule is CC(OC(=O)[C@@H](NS(=O)(=O)c1ccccc1)C(C)C)C(=O)NC(N)=O. The summed E-state index contributed by atoms with van der Waals surface area (Å²) in [4.78, 5) is 34.4. The largest absolute Gasteiger partial charge is 0.451 e. The average molecular weight is 371 g/mol. The number of imide groups is 1. The second-order valence-electron chi connectivity index (χ2n) is 5.59. The van der Waals surface area contributed by atoms with E-state index in [9.17, 15) is 22.8 Å². The van der Waals surface area contributed by atoms with Crippen LogP contribution in [0.4, 0.5) is 4.79 Å². The van der Waals surface area contributed by atoms with E-state index >= 15 is 0 Å². The van der Waals surface area contributed by atoms with Crippen molar-refractivity contribution in [2.24, 2.45) is 11.7 Å². The molecule has 1 unspecified atom stereocenters. The van der Waals surface area contributed by atoms with Gasteiger partial charge in [0.05, 0.1) is 4.90 Å². The molecule has 0 aromatic heterocycles. The van der Waals surface area contributed by atoms with Crippen LogP contribution in [0.25, 0.3) is 0 Å². The number of nitrogens with one attached hydrogen (secondary N) is 2. The highest BCUT2D eigenvalue weighted by molar-refractivity contribution is 7.89. The molecule has 1 aromatic rings. The topological polar surface area (TPSA) is 145 Å². The smallest absolute Gasteiger partial charge is 0.325 e. The molecule has 0 radical (unpaired) electrons. The van der Waals surface area contributed by atoms with Gasteiger partial charge in [-0.2, -0.15) is 4.72 Å². The zero-order chi connectivity index (χ0) is 19.2. The molecule has 0 fully saturated rings. The number of ether oxygens (including phenoxy) is 1. The number of benzene rings is 1. The number of carbonyl (C=O) groups excluding carboxylic acids is 3. The van der Waals surface area contributed by atoms with Crippen LogP contribution >= 0.6 is 0 Å². The summed E-state index contributed by atoms with van der Waals surface area (Å²) in [5, 5.41) is 1.77. The van der Waals surface area contributed by atoms with Gasteiger partial charge in [-0.1, -0.05) is 32.0 Å². The first-order valence-electron chi connectivity index (χ1n) is 7.42. The fraction of sp³-hybridized carbons (Fsp3) is 0.400. The molecular weight excluding hydrogens is 350 g/mol. The Bertz CT molecular complexity index is 733. The van der Waals surface area contributed by atoms with Crippen LogP contribution in [-0.2, 0) is 24.3 Å². The number of primary amides is 1. The number of sulfonamides is 1. The minimum atomic E-state index is -3.95. The van der Waals surface area contributed by atoms with Crippen molar-refractivity contribution in [3.8, 4) is 0 Å². The fourth-order valence-electron chi connectivity index (χ4n) is 1.82. The molecule has 4 N–H and O–H groups in total. The Morgan fingerprint density at radius 2 is 1.64 bits per heavy atom. The summed E-state index contributed by atoms with van der Waals surface area (Å²) >= 11 is 0. The van der Waals surface area contributed by atoms with Gasteiger partial charge in [0.15, 0.2) is 6.10 Å². The van der Waals surface area contributed by atoms with Crippen molar-refractivity contribution in [1.29, 1.82) is 0 Å².